The number of Topliss-reactive ketones (excluding diaryl/α,β-unsaturated/α-hetero) is 1. The van der Waals surface area contributed by atoms with E-state index in [0.717, 1.165) is 10.6 Å². The number of thiazole rings is 1. The Hall–Kier alpha value is -2.01. The standard InChI is InChI=1S/C16H17NO3S/c1-9-5-7-13(8-6-9)14(18)11(3)20-16(19)15-10(2)17-12(4)21-15/h5-8,11H,1-4H3. The first kappa shape index (κ1) is 15.4. The first-order chi connectivity index (χ1) is 9.88. The molecule has 110 valence electrons. The van der Waals surface area contributed by atoms with Crippen LogP contribution in [0.5, 0.6) is 0 Å². The van der Waals surface area contributed by atoms with E-state index in [2.05, 4.69) is 4.98 Å². The molecule has 0 saturated heterocycles. The molecule has 0 aliphatic rings. The molecule has 1 aromatic heterocycles. The Morgan fingerprint density at radius 2 is 1.76 bits per heavy atom. The van der Waals surface area contributed by atoms with Crippen molar-refractivity contribution in [3.8, 4) is 0 Å². The smallest absolute Gasteiger partial charge is 0.350 e. The molecule has 0 bridgehead atoms. The van der Waals surface area contributed by atoms with E-state index in [-0.39, 0.29) is 5.78 Å². The van der Waals surface area contributed by atoms with Crippen LogP contribution >= 0.6 is 11.3 Å². The van der Waals surface area contributed by atoms with Crippen LogP contribution in [0.25, 0.3) is 0 Å². The van der Waals surface area contributed by atoms with E-state index in [0.29, 0.717) is 16.1 Å². The predicted molar refractivity (Wildman–Crippen MR) is 82.0 cm³/mol. The topological polar surface area (TPSA) is 56.3 Å². The second-order valence-electron chi connectivity index (χ2n) is 4.93. The van der Waals surface area contributed by atoms with Gasteiger partial charge in [-0.25, -0.2) is 9.78 Å². The molecule has 5 heteroatoms. The van der Waals surface area contributed by atoms with E-state index in [4.69, 9.17) is 4.74 Å². The fourth-order valence-corrected chi connectivity index (χ4v) is 2.74. The summed E-state index contributed by atoms with van der Waals surface area (Å²) < 4.78 is 5.26. The van der Waals surface area contributed by atoms with Gasteiger partial charge in [-0.15, -0.1) is 11.3 Å². The van der Waals surface area contributed by atoms with Gasteiger partial charge in [-0.05, 0) is 27.7 Å². The Labute approximate surface area is 127 Å². The minimum absolute atomic E-state index is 0.206. The molecule has 0 radical (unpaired) electrons. The maximum absolute atomic E-state index is 12.2. The van der Waals surface area contributed by atoms with Crippen molar-refractivity contribution in [2.75, 3.05) is 0 Å². The van der Waals surface area contributed by atoms with E-state index in [1.807, 2.05) is 26.0 Å². The zero-order valence-corrected chi connectivity index (χ0v) is 13.3. The van der Waals surface area contributed by atoms with Crippen LogP contribution in [0.15, 0.2) is 24.3 Å². The Morgan fingerprint density at radius 3 is 2.29 bits per heavy atom. The average Bonchev–Trinajstić information content (AvgIpc) is 2.77. The third kappa shape index (κ3) is 3.55. The summed E-state index contributed by atoms with van der Waals surface area (Å²) in [4.78, 5) is 28.9. The lowest BCUT2D eigenvalue weighted by atomic mass is 10.1. The van der Waals surface area contributed by atoms with Crippen LogP contribution in [0.1, 0.15) is 43.2 Å². The van der Waals surface area contributed by atoms with Gasteiger partial charge in [0.15, 0.2) is 6.10 Å². The average molecular weight is 303 g/mol. The van der Waals surface area contributed by atoms with Crippen molar-refractivity contribution in [2.24, 2.45) is 0 Å². The number of esters is 1. The van der Waals surface area contributed by atoms with Gasteiger partial charge in [0, 0.05) is 5.56 Å². The molecular formula is C16H17NO3S. The predicted octanol–water partition coefficient (Wildman–Crippen LogP) is 3.50. The molecule has 4 nitrogen and oxygen atoms in total. The number of carbonyl (C=O) groups is 2. The quantitative estimate of drug-likeness (QED) is 0.641. The lowest BCUT2D eigenvalue weighted by molar-refractivity contribution is 0.0322. The number of aromatic nitrogens is 1. The van der Waals surface area contributed by atoms with Crippen LogP contribution in [-0.4, -0.2) is 22.8 Å². The molecule has 0 aliphatic heterocycles. The van der Waals surface area contributed by atoms with Crippen molar-refractivity contribution in [1.29, 1.82) is 0 Å². The molecule has 0 amide bonds. The third-order valence-electron chi connectivity index (χ3n) is 3.08. The summed E-state index contributed by atoms with van der Waals surface area (Å²) in [6.07, 6.45) is -0.818. The maximum atomic E-state index is 12.2. The van der Waals surface area contributed by atoms with Crippen molar-refractivity contribution >= 4 is 23.1 Å². The van der Waals surface area contributed by atoms with Gasteiger partial charge in [-0.2, -0.15) is 0 Å². The van der Waals surface area contributed by atoms with Gasteiger partial charge in [0.1, 0.15) is 4.88 Å². The van der Waals surface area contributed by atoms with Crippen LogP contribution < -0.4 is 0 Å². The fourth-order valence-electron chi connectivity index (χ4n) is 1.94. The summed E-state index contributed by atoms with van der Waals surface area (Å²) in [5.74, 6) is -0.701. The number of hydrogen-bond acceptors (Lipinski definition) is 5. The Bertz CT molecular complexity index is 673. The number of benzene rings is 1. The molecular weight excluding hydrogens is 286 g/mol. The van der Waals surface area contributed by atoms with Gasteiger partial charge in [0.05, 0.1) is 10.7 Å². The van der Waals surface area contributed by atoms with Crippen molar-refractivity contribution in [2.45, 2.75) is 33.8 Å². The summed E-state index contributed by atoms with van der Waals surface area (Å²) in [7, 11) is 0. The molecule has 0 fully saturated rings. The molecule has 1 atom stereocenters. The number of rotatable bonds is 4. The van der Waals surface area contributed by atoms with Gasteiger partial charge >= 0.3 is 5.97 Å². The van der Waals surface area contributed by atoms with Gasteiger partial charge in [-0.1, -0.05) is 29.8 Å². The molecule has 2 rings (SSSR count). The number of aryl methyl sites for hydroxylation is 3. The fraction of sp³-hybridized carbons (Fsp3) is 0.312. The van der Waals surface area contributed by atoms with E-state index in [1.54, 1.807) is 26.0 Å². The Balaban J connectivity index is 2.08. The normalized spacial score (nSPS) is 12.0. The third-order valence-corrected chi connectivity index (χ3v) is 4.13. The highest BCUT2D eigenvalue weighted by Crippen LogP contribution is 2.19. The van der Waals surface area contributed by atoms with Gasteiger partial charge in [-0.3, -0.25) is 4.79 Å². The monoisotopic (exact) mass is 303 g/mol. The van der Waals surface area contributed by atoms with Crippen LogP contribution in [0.4, 0.5) is 0 Å². The minimum atomic E-state index is -0.818. The highest BCUT2D eigenvalue weighted by molar-refractivity contribution is 7.13. The van der Waals surface area contributed by atoms with Crippen molar-refractivity contribution in [3.63, 3.8) is 0 Å². The molecule has 0 aliphatic carbocycles. The van der Waals surface area contributed by atoms with Crippen molar-refractivity contribution in [3.05, 3.63) is 51.0 Å². The highest BCUT2D eigenvalue weighted by Gasteiger charge is 2.23. The SMILES string of the molecule is Cc1ccc(C(=O)C(C)OC(=O)c2sc(C)nc2C)cc1. The zero-order valence-electron chi connectivity index (χ0n) is 12.5. The highest BCUT2D eigenvalue weighted by atomic mass is 32.1. The van der Waals surface area contributed by atoms with Gasteiger partial charge in [0.25, 0.3) is 0 Å². The summed E-state index contributed by atoms with van der Waals surface area (Å²) in [5.41, 5.74) is 2.25. The molecule has 1 heterocycles. The van der Waals surface area contributed by atoms with E-state index in [1.165, 1.54) is 11.3 Å². The number of ketones is 1. The lowest BCUT2D eigenvalue weighted by Crippen LogP contribution is -2.24. The number of hydrogen-bond donors (Lipinski definition) is 0. The van der Waals surface area contributed by atoms with E-state index < -0.39 is 12.1 Å². The summed E-state index contributed by atoms with van der Waals surface area (Å²) in [6.45, 7) is 7.12. The van der Waals surface area contributed by atoms with Crippen LogP contribution in [0, 0.1) is 20.8 Å². The zero-order chi connectivity index (χ0) is 15.6. The molecule has 0 spiro atoms. The first-order valence-corrected chi connectivity index (χ1v) is 7.46. The molecule has 0 saturated carbocycles. The molecule has 1 aromatic carbocycles. The maximum Gasteiger partial charge on any atom is 0.350 e. The number of carbonyl (C=O) groups excluding carboxylic acids is 2. The van der Waals surface area contributed by atoms with Gasteiger partial charge in [0.2, 0.25) is 5.78 Å². The first-order valence-electron chi connectivity index (χ1n) is 6.64. The van der Waals surface area contributed by atoms with E-state index in [9.17, 15) is 9.59 Å². The van der Waals surface area contributed by atoms with Crippen molar-refractivity contribution < 1.29 is 14.3 Å². The largest absolute Gasteiger partial charge is 0.450 e. The molecule has 21 heavy (non-hydrogen) atoms. The molecule has 0 N–H and O–H groups in total. The van der Waals surface area contributed by atoms with E-state index >= 15 is 0 Å². The lowest BCUT2D eigenvalue weighted by Gasteiger charge is -2.12. The Kier molecular flexibility index (Phi) is 4.53. The summed E-state index contributed by atoms with van der Waals surface area (Å²) in [6, 6.07) is 7.20. The Morgan fingerprint density at radius 1 is 1.14 bits per heavy atom. The second-order valence-corrected chi connectivity index (χ2v) is 6.13. The number of ether oxygens (including phenoxy) is 1. The van der Waals surface area contributed by atoms with Crippen molar-refractivity contribution in [1.82, 2.24) is 4.98 Å². The van der Waals surface area contributed by atoms with Crippen LogP contribution in [0.2, 0.25) is 0 Å². The minimum Gasteiger partial charge on any atom is -0.450 e. The molecule has 1 unspecified atom stereocenters. The number of nitrogens with zero attached hydrogens (tertiary/aromatic N) is 1. The van der Waals surface area contributed by atoms with Crippen LogP contribution in [0.3, 0.4) is 0 Å². The summed E-state index contributed by atoms with van der Waals surface area (Å²) >= 11 is 1.28. The second kappa shape index (κ2) is 6.18. The molecule has 2 aromatic rings. The summed E-state index contributed by atoms with van der Waals surface area (Å²) in [5, 5.41) is 0.803. The van der Waals surface area contributed by atoms with Crippen LogP contribution in [-0.2, 0) is 4.74 Å². The van der Waals surface area contributed by atoms with Gasteiger partial charge < -0.3 is 4.74 Å².